The fraction of sp³-hybridized carbons (Fsp3) is 0.500. The summed E-state index contributed by atoms with van der Waals surface area (Å²) in [7, 11) is 3.49. The van der Waals surface area contributed by atoms with Gasteiger partial charge in [-0.05, 0) is 69.4 Å². The van der Waals surface area contributed by atoms with E-state index < -0.39 is 0 Å². The smallest absolute Gasteiger partial charge is 0.161 e. The number of imidazole rings is 1. The molecule has 2 heterocycles. The first-order valence-electron chi connectivity index (χ1n) is 13.2. The third-order valence-corrected chi connectivity index (χ3v) is 7.38. The van der Waals surface area contributed by atoms with Crippen LogP contribution in [-0.4, -0.2) is 60.6 Å². The van der Waals surface area contributed by atoms with Gasteiger partial charge in [0, 0.05) is 45.7 Å². The molecule has 0 radical (unpaired) electrons. The van der Waals surface area contributed by atoms with Crippen molar-refractivity contribution in [3.05, 3.63) is 71.3 Å². The van der Waals surface area contributed by atoms with Crippen LogP contribution in [0.4, 0.5) is 0 Å². The molecule has 4 rings (SSSR count). The van der Waals surface area contributed by atoms with Crippen LogP contribution in [0.3, 0.4) is 0 Å². The van der Waals surface area contributed by atoms with Crippen molar-refractivity contribution < 1.29 is 18.9 Å². The molecule has 0 atom stereocenters. The quantitative estimate of drug-likeness (QED) is 0.308. The Bertz CT molecular complexity index is 1150. The molecule has 0 aliphatic carbocycles. The number of methoxy groups -OCH3 is 2. The normalized spacial score (nSPS) is 15.5. The van der Waals surface area contributed by atoms with Crippen LogP contribution < -0.4 is 14.2 Å². The lowest BCUT2D eigenvalue weighted by atomic mass is 9.91. The molecule has 0 bridgehead atoms. The number of likely N-dealkylation sites (tertiary alicyclic amines) is 1. The van der Waals surface area contributed by atoms with E-state index in [9.17, 15) is 0 Å². The van der Waals surface area contributed by atoms with Crippen molar-refractivity contribution in [3.63, 3.8) is 0 Å². The Morgan fingerprint density at radius 2 is 1.70 bits per heavy atom. The number of benzene rings is 2. The molecule has 1 aliphatic heterocycles. The molecule has 1 aliphatic rings. The summed E-state index contributed by atoms with van der Waals surface area (Å²) in [6.07, 6.45) is 6.60. The molecule has 0 unspecified atom stereocenters. The first-order valence-corrected chi connectivity index (χ1v) is 13.2. The molecule has 7 heteroatoms. The van der Waals surface area contributed by atoms with E-state index in [4.69, 9.17) is 18.9 Å². The number of rotatable bonds is 12. The summed E-state index contributed by atoms with van der Waals surface area (Å²) in [5.74, 6) is 3.53. The molecule has 200 valence electrons. The Hall–Kier alpha value is -3.03. The third-order valence-electron chi connectivity index (χ3n) is 7.38. The molecule has 1 saturated heterocycles. The second-order valence-electron chi connectivity index (χ2n) is 10.1. The molecular formula is C30H41N3O4. The average Bonchev–Trinajstić information content (AvgIpc) is 3.31. The molecule has 0 spiro atoms. The molecule has 7 nitrogen and oxygen atoms in total. The van der Waals surface area contributed by atoms with Crippen LogP contribution in [0.2, 0.25) is 0 Å². The minimum atomic E-state index is -0.254. The maximum Gasteiger partial charge on any atom is 0.161 e. The molecule has 3 aromatic rings. The first kappa shape index (κ1) is 27.0. The SMILES string of the molecule is COc1ccc(CN2CCC(COc3ccc(C)cc3C)(OC)CC2)cc1OCCCn1ccnc1C. The molecule has 1 aromatic heterocycles. The summed E-state index contributed by atoms with van der Waals surface area (Å²) in [6.45, 7) is 11.1. The lowest BCUT2D eigenvalue weighted by Crippen LogP contribution is -2.48. The van der Waals surface area contributed by atoms with Crippen LogP contribution in [0, 0.1) is 20.8 Å². The minimum absolute atomic E-state index is 0.254. The summed E-state index contributed by atoms with van der Waals surface area (Å²) in [5, 5.41) is 0. The monoisotopic (exact) mass is 507 g/mol. The third kappa shape index (κ3) is 7.05. The topological polar surface area (TPSA) is 58.0 Å². The second-order valence-corrected chi connectivity index (χ2v) is 10.1. The van der Waals surface area contributed by atoms with E-state index in [0.29, 0.717) is 13.2 Å². The molecule has 2 aromatic carbocycles. The highest BCUT2D eigenvalue weighted by Crippen LogP contribution is 2.32. The maximum atomic E-state index is 6.22. The zero-order valence-electron chi connectivity index (χ0n) is 23.0. The highest BCUT2D eigenvalue weighted by molar-refractivity contribution is 5.43. The van der Waals surface area contributed by atoms with Gasteiger partial charge in [0.1, 0.15) is 23.8 Å². The van der Waals surface area contributed by atoms with Gasteiger partial charge < -0.3 is 23.5 Å². The number of aromatic nitrogens is 2. The molecule has 1 fully saturated rings. The van der Waals surface area contributed by atoms with Crippen molar-refractivity contribution in [1.29, 1.82) is 0 Å². The average molecular weight is 508 g/mol. The number of hydrogen-bond donors (Lipinski definition) is 0. The van der Waals surface area contributed by atoms with Crippen LogP contribution in [-0.2, 0) is 17.8 Å². The van der Waals surface area contributed by atoms with E-state index in [-0.39, 0.29) is 5.60 Å². The Morgan fingerprint density at radius 3 is 2.38 bits per heavy atom. The van der Waals surface area contributed by atoms with Crippen molar-refractivity contribution >= 4 is 0 Å². The van der Waals surface area contributed by atoms with Gasteiger partial charge >= 0.3 is 0 Å². The van der Waals surface area contributed by atoms with E-state index >= 15 is 0 Å². The van der Waals surface area contributed by atoms with E-state index in [1.807, 2.05) is 32.5 Å². The Kier molecular flexibility index (Phi) is 9.11. The zero-order chi connectivity index (χ0) is 26.3. The highest BCUT2D eigenvalue weighted by atomic mass is 16.5. The van der Waals surface area contributed by atoms with Crippen molar-refractivity contribution in [1.82, 2.24) is 14.5 Å². The van der Waals surface area contributed by atoms with Gasteiger partial charge in [0.05, 0.1) is 13.7 Å². The van der Waals surface area contributed by atoms with Crippen LogP contribution in [0.25, 0.3) is 0 Å². The van der Waals surface area contributed by atoms with Crippen LogP contribution in [0.5, 0.6) is 17.2 Å². The number of aryl methyl sites for hydroxylation is 4. The maximum absolute atomic E-state index is 6.22. The van der Waals surface area contributed by atoms with Crippen LogP contribution in [0.15, 0.2) is 48.8 Å². The highest BCUT2D eigenvalue weighted by Gasteiger charge is 2.35. The van der Waals surface area contributed by atoms with Crippen molar-refractivity contribution in [2.45, 2.75) is 58.7 Å². The lowest BCUT2D eigenvalue weighted by Gasteiger charge is -2.40. The van der Waals surface area contributed by atoms with E-state index in [1.165, 1.54) is 11.1 Å². The predicted molar refractivity (Wildman–Crippen MR) is 146 cm³/mol. The Labute approximate surface area is 221 Å². The van der Waals surface area contributed by atoms with Crippen molar-refractivity contribution in [2.24, 2.45) is 0 Å². The van der Waals surface area contributed by atoms with Crippen molar-refractivity contribution in [3.8, 4) is 17.2 Å². The van der Waals surface area contributed by atoms with E-state index in [0.717, 1.165) is 74.1 Å². The second kappa shape index (κ2) is 12.5. The van der Waals surface area contributed by atoms with Gasteiger partial charge in [-0.15, -0.1) is 0 Å². The van der Waals surface area contributed by atoms with Gasteiger partial charge in [0.25, 0.3) is 0 Å². The fourth-order valence-electron chi connectivity index (χ4n) is 4.94. The van der Waals surface area contributed by atoms with Crippen LogP contribution in [0.1, 0.15) is 41.8 Å². The van der Waals surface area contributed by atoms with Gasteiger partial charge in [-0.3, -0.25) is 4.90 Å². The lowest BCUT2D eigenvalue weighted by molar-refractivity contribution is -0.0840. The molecule has 0 saturated carbocycles. The van der Waals surface area contributed by atoms with Gasteiger partial charge in [-0.1, -0.05) is 23.8 Å². The number of piperidine rings is 1. The van der Waals surface area contributed by atoms with Gasteiger partial charge in [0.15, 0.2) is 11.5 Å². The van der Waals surface area contributed by atoms with Gasteiger partial charge in [-0.2, -0.15) is 0 Å². The van der Waals surface area contributed by atoms with Gasteiger partial charge in [-0.25, -0.2) is 4.98 Å². The summed E-state index contributed by atoms with van der Waals surface area (Å²) in [4.78, 5) is 6.75. The van der Waals surface area contributed by atoms with E-state index in [2.05, 4.69) is 58.6 Å². The zero-order valence-corrected chi connectivity index (χ0v) is 23.0. The largest absolute Gasteiger partial charge is 0.493 e. The fourth-order valence-corrected chi connectivity index (χ4v) is 4.94. The summed E-state index contributed by atoms with van der Waals surface area (Å²) in [5.41, 5.74) is 3.38. The summed E-state index contributed by atoms with van der Waals surface area (Å²) in [6, 6.07) is 12.6. The Morgan fingerprint density at radius 1 is 0.919 bits per heavy atom. The Balaban J connectivity index is 1.29. The summed E-state index contributed by atoms with van der Waals surface area (Å²) >= 11 is 0. The summed E-state index contributed by atoms with van der Waals surface area (Å²) < 4.78 is 26.0. The predicted octanol–water partition coefficient (Wildman–Crippen LogP) is 5.35. The number of hydrogen-bond acceptors (Lipinski definition) is 6. The molecule has 0 amide bonds. The molecule has 37 heavy (non-hydrogen) atoms. The first-order chi connectivity index (χ1) is 17.9. The van der Waals surface area contributed by atoms with Crippen LogP contribution >= 0.6 is 0 Å². The van der Waals surface area contributed by atoms with E-state index in [1.54, 1.807) is 7.11 Å². The van der Waals surface area contributed by atoms with Gasteiger partial charge in [0.2, 0.25) is 0 Å². The minimum Gasteiger partial charge on any atom is -0.493 e. The number of nitrogens with zero attached hydrogens (tertiary/aromatic N) is 3. The standard InChI is InChI=1S/C30H41N3O4/c1-23-7-9-27(24(2)19-23)37-22-30(35-5)11-15-32(16-12-30)21-26-8-10-28(34-4)29(20-26)36-18-6-14-33-17-13-31-25(33)3/h7-10,13,17,19-20H,6,11-12,14-16,18,21-22H2,1-5H3. The molecular weight excluding hydrogens is 466 g/mol. The number of ether oxygens (including phenoxy) is 4. The van der Waals surface area contributed by atoms with Crippen molar-refractivity contribution in [2.75, 3.05) is 40.5 Å². The molecule has 0 N–H and O–H groups in total.